The summed E-state index contributed by atoms with van der Waals surface area (Å²) in [6, 6.07) is 19.5. The summed E-state index contributed by atoms with van der Waals surface area (Å²) < 4.78 is 44.8. The van der Waals surface area contributed by atoms with Crippen molar-refractivity contribution in [1.82, 2.24) is 0 Å². The fourth-order valence-corrected chi connectivity index (χ4v) is 4.93. The van der Waals surface area contributed by atoms with Crippen molar-refractivity contribution in [2.45, 2.75) is 18.4 Å². The van der Waals surface area contributed by atoms with Gasteiger partial charge in [0.05, 0.1) is 24.2 Å². The zero-order chi connectivity index (χ0) is 20.4. The highest BCUT2D eigenvalue weighted by atomic mass is 32.2. The van der Waals surface area contributed by atoms with Crippen molar-refractivity contribution in [3.05, 3.63) is 77.9 Å². The summed E-state index contributed by atoms with van der Waals surface area (Å²) in [4.78, 5) is 0.264. The number of aryl methyl sites for hydroxylation is 1. The molecule has 0 saturated carbocycles. The van der Waals surface area contributed by atoms with Crippen LogP contribution in [0.2, 0.25) is 0 Å². The van der Waals surface area contributed by atoms with E-state index in [0.717, 1.165) is 5.56 Å². The molecule has 0 aliphatic carbocycles. The van der Waals surface area contributed by atoms with E-state index in [9.17, 15) is 8.42 Å². The lowest BCUT2D eigenvalue weighted by Crippen LogP contribution is -2.31. The average Bonchev–Trinajstić information content (AvgIpc) is 3.20. The number of hydrogen-bond acceptors (Lipinski definition) is 5. The largest absolute Gasteiger partial charge is 0.497 e. The third-order valence-corrected chi connectivity index (χ3v) is 6.70. The van der Waals surface area contributed by atoms with Crippen LogP contribution in [0.5, 0.6) is 17.2 Å². The first-order valence-electron chi connectivity index (χ1n) is 9.10. The Morgan fingerprint density at radius 1 is 0.966 bits per heavy atom. The molecule has 6 nitrogen and oxygen atoms in total. The second-order valence-electron chi connectivity index (χ2n) is 6.67. The Morgan fingerprint density at radius 3 is 2.55 bits per heavy atom. The number of rotatable bonds is 6. The first-order chi connectivity index (χ1) is 14.0. The van der Waals surface area contributed by atoms with Crippen LogP contribution in [0.15, 0.2) is 71.6 Å². The third-order valence-electron chi connectivity index (χ3n) is 4.77. The fraction of sp³-hybridized carbons (Fsp3) is 0.182. The predicted octanol–water partition coefficient (Wildman–Crippen LogP) is 4.13. The zero-order valence-corrected chi connectivity index (χ0v) is 17.0. The number of hydrogen-bond donors (Lipinski definition) is 0. The van der Waals surface area contributed by atoms with Gasteiger partial charge in [-0.2, -0.15) is 0 Å². The van der Waals surface area contributed by atoms with Crippen LogP contribution in [0.3, 0.4) is 0 Å². The average molecular weight is 411 g/mol. The summed E-state index contributed by atoms with van der Waals surface area (Å²) in [6.45, 7) is 2.06. The predicted molar refractivity (Wildman–Crippen MR) is 110 cm³/mol. The molecule has 150 valence electrons. The second kappa shape index (κ2) is 7.67. The Balaban J connectivity index is 1.81. The van der Waals surface area contributed by atoms with Crippen LogP contribution in [0.1, 0.15) is 11.1 Å². The maximum absolute atomic E-state index is 13.6. The Kier molecular flexibility index (Phi) is 5.07. The summed E-state index contributed by atoms with van der Waals surface area (Å²) in [5.41, 5.74) is 1.99. The van der Waals surface area contributed by atoms with E-state index in [0.29, 0.717) is 28.5 Å². The van der Waals surface area contributed by atoms with E-state index in [1.165, 1.54) is 4.31 Å². The van der Waals surface area contributed by atoms with Gasteiger partial charge in [0.2, 0.25) is 6.79 Å². The summed E-state index contributed by atoms with van der Waals surface area (Å²) >= 11 is 0. The molecule has 7 heteroatoms. The summed E-state index contributed by atoms with van der Waals surface area (Å²) in [7, 11) is -2.24. The molecule has 0 N–H and O–H groups in total. The molecule has 3 aromatic carbocycles. The van der Waals surface area contributed by atoms with Gasteiger partial charge in [-0.15, -0.1) is 0 Å². The molecule has 29 heavy (non-hydrogen) atoms. The molecule has 0 fully saturated rings. The molecule has 0 unspecified atom stereocenters. The number of benzene rings is 3. The van der Waals surface area contributed by atoms with Gasteiger partial charge in [0.25, 0.3) is 10.0 Å². The molecule has 3 aromatic rings. The molecule has 0 atom stereocenters. The fourth-order valence-electron chi connectivity index (χ4n) is 3.26. The van der Waals surface area contributed by atoms with Gasteiger partial charge in [0.1, 0.15) is 5.75 Å². The highest BCUT2D eigenvalue weighted by molar-refractivity contribution is 7.92. The van der Waals surface area contributed by atoms with Crippen LogP contribution in [-0.4, -0.2) is 22.3 Å². The highest BCUT2D eigenvalue weighted by Gasteiger charge is 2.28. The topological polar surface area (TPSA) is 65.1 Å². The Bertz CT molecular complexity index is 1140. The molecular formula is C22H21NO5S. The minimum Gasteiger partial charge on any atom is -0.497 e. The van der Waals surface area contributed by atoms with Crippen molar-refractivity contribution in [1.29, 1.82) is 0 Å². The smallest absolute Gasteiger partial charge is 0.264 e. The minimum atomic E-state index is -3.82. The van der Waals surface area contributed by atoms with Crippen LogP contribution in [0.25, 0.3) is 0 Å². The van der Waals surface area contributed by atoms with Crippen molar-refractivity contribution in [3.8, 4) is 17.2 Å². The van der Waals surface area contributed by atoms with Crippen LogP contribution >= 0.6 is 0 Å². The maximum atomic E-state index is 13.6. The van der Waals surface area contributed by atoms with Crippen molar-refractivity contribution in [3.63, 3.8) is 0 Å². The maximum Gasteiger partial charge on any atom is 0.264 e. The van der Waals surface area contributed by atoms with Gasteiger partial charge in [-0.05, 0) is 48.4 Å². The quantitative estimate of drug-likeness (QED) is 0.610. The number of methoxy groups -OCH3 is 1. The second-order valence-corrected chi connectivity index (χ2v) is 8.50. The first kappa shape index (κ1) is 19.1. The van der Waals surface area contributed by atoms with Gasteiger partial charge >= 0.3 is 0 Å². The lowest BCUT2D eigenvalue weighted by molar-refractivity contribution is 0.174. The molecule has 1 aliphatic rings. The van der Waals surface area contributed by atoms with E-state index in [2.05, 4.69) is 0 Å². The molecule has 4 rings (SSSR count). The number of anilines is 1. The summed E-state index contributed by atoms with van der Waals surface area (Å²) in [6.07, 6.45) is 0. The van der Waals surface area contributed by atoms with Gasteiger partial charge in [-0.25, -0.2) is 8.42 Å². The SMILES string of the molecule is COc1cccc(CN(c2ccc3c(c2)OCO3)S(=O)(=O)c2ccccc2C)c1. The number of sulfonamides is 1. The van der Waals surface area contributed by atoms with E-state index in [1.807, 2.05) is 30.3 Å². The highest BCUT2D eigenvalue weighted by Crippen LogP contribution is 2.38. The van der Waals surface area contributed by atoms with Crippen molar-refractivity contribution < 1.29 is 22.6 Å². The van der Waals surface area contributed by atoms with Crippen LogP contribution in [0.4, 0.5) is 5.69 Å². The van der Waals surface area contributed by atoms with E-state index in [4.69, 9.17) is 14.2 Å². The van der Waals surface area contributed by atoms with Gasteiger partial charge in [0.15, 0.2) is 11.5 Å². The zero-order valence-electron chi connectivity index (χ0n) is 16.2. The third kappa shape index (κ3) is 3.73. The van der Waals surface area contributed by atoms with Gasteiger partial charge < -0.3 is 14.2 Å². The molecule has 0 saturated heterocycles. The normalized spacial score (nSPS) is 12.6. The molecule has 0 amide bonds. The van der Waals surface area contributed by atoms with Crippen molar-refractivity contribution in [2.75, 3.05) is 18.2 Å². The standard InChI is InChI=1S/C22H21NO5S/c1-16-6-3-4-9-22(16)29(24,25)23(14-17-7-5-8-19(12-17)26-2)18-10-11-20-21(13-18)28-15-27-20/h3-13H,14-15H2,1-2H3. The number of fused-ring (bicyclic) bond motifs is 1. The molecule has 1 heterocycles. The van der Waals surface area contributed by atoms with Gasteiger partial charge in [0, 0.05) is 6.07 Å². The Labute approximate surface area is 170 Å². The molecule has 0 bridgehead atoms. The monoisotopic (exact) mass is 411 g/mol. The first-order valence-corrected chi connectivity index (χ1v) is 10.5. The van der Waals surface area contributed by atoms with E-state index in [-0.39, 0.29) is 18.2 Å². The lowest BCUT2D eigenvalue weighted by atomic mass is 10.2. The van der Waals surface area contributed by atoms with Crippen LogP contribution in [-0.2, 0) is 16.6 Å². The molecule has 0 aromatic heterocycles. The van der Waals surface area contributed by atoms with E-state index in [1.54, 1.807) is 50.4 Å². The van der Waals surface area contributed by atoms with Crippen molar-refractivity contribution in [2.24, 2.45) is 0 Å². The minimum absolute atomic E-state index is 0.124. The Morgan fingerprint density at radius 2 is 1.76 bits per heavy atom. The molecule has 1 aliphatic heterocycles. The van der Waals surface area contributed by atoms with E-state index < -0.39 is 10.0 Å². The van der Waals surface area contributed by atoms with Crippen LogP contribution < -0.4 is 18.5 Å². The van der Waals surface area contributed by atoms with Crippen molar-refractivity contribution >= 4 is 15.7 Å². The summed E-state index contributed by atoms with van der Waals surface area (Å²) in [5.74, 6) is 1.79. The number of nitrogens with zero attached hydrogens (tertiary/aromatic N) is 1. The molecule has 0 radical (unpaired) electrons. The van der Waals surface area contributed by atoms with E-state index >= 15 is 0 Å². The summed E-state index contributed by atoms with van der Waals surface area (Å²) in [5, 5.41) is 0. The Hall–Kier alpha value is -3.19. The van der Waals surface area contributed by atoms with Gasteiger partial charge in [-0.1, -0.05) is 30.3 Å². The molecular weight excluding hydrogens is 390 g/mol. The number of ether oxygens (including phenoxy) is 3. The molecule has 0 spiro atoms. The van der Waals surface area contributed by atoms with Crippen LogP contribution in [0, 0.1) is 6.92 Å². The lowest BCUT2D eigenvalue weighted by Gasteiger charge is -2.26. The van der Waals surface area contributed by atoms with Gasteiger partial charge in [-0.3, -0.25) is 4.31 Å².